The molecule has 1 amide bonds. The lowest BCUT2D eigenvalue weighted by molar-refractivity contribution is -0.139. The Morgan fingerprint density at radius 1 is 1.10 bits per heavy atom. The second-order valence-corrected chi connectivity index (χ2v) is 8.26. The molecule has 0 radical (unpaired) electrons. The third kappa shape index (κ3) is 5.28. The fraction of sp³-hybridized carbons (Fsp3) is 0.400. The van der Waals surface area contributed by atoms with Crippen LogP contribution in [0, 0.1) is 11.7 Å². The van der Waals surface area contributed by atoms with Crippen LogP contribution in [0.25, 0.3) is 0 Å². The Hall–Kier alpha value is -2.66. The van der Waals surface area contributed by atoms with E-state index in [1.165, 1.54) is 12.1 Å². The molecule has 1 aliphatic rings. The normalized spacial score (nSPS) is 21.4. The van der Waals surface area contributed by atoms with E-state index in [0.717, 1.165) is 30.0 Å². The maximum absolute atomic E-state index is 13.6. The lowest BCUT2D eigenvalue weighted by atomic mass is 10.00. The second kappa shape index (κ2) is 9.90. The fourth-order valence-electron chi connectivity index (χ4n) is 3.88. The number of hydrogen-bond acceptors (Lipinski definition) is 3. The molecule has 0 N–H and O–H groups in total. The van der Waals surface area contributed by atoms with Crippen molar-refractivity contribution in [3.05, 3.63) is 77.6 Å². The molecular weight excluding hydrogens is 379 g/mol. The topological polar surface area (TPSA) is 32.8 Å². The third-order valence-corrected chi connectivity index (χ3v) is 5.51. The zero-order valence-corrected chi connectivity index (χ0v) is 18.2. The van der Waals surface area contributed by atoms with Crippen LogP contribution in [0.2, 0.25) is 0 Å². The maximum Gasteiger partial charge on any atom is 0.240 e. The van der Waals surface area contributed by atoms with Crippen LogP contribution < -0.4 is 4.74 Å². The van der Waals surface area contributed by atoms with Gasteiger partial charge in [0, 0.05) is 19.6 Å². The van der Waals surface area contributed by atoms with Crippen molar-refractivity contribution < 1.29 is 13.9 Å². The van der Waals surface area contributed by atoms with Crippen molar-refractivity contribution in [3.8, 4) is 5.75 Å². The molecule has 0 aliphatic carbocycles. The van der Waals surface area contributed by atoms with Gasteiger partial charge in [-0.1, -0.05) is 50.3 Å². The van der Waals surface area contributed by atoms with Gasteiger partial charge in [-0.25, -0.2) is 4.39 Å². The minimum Gasteiger partial charge on any atom is -0.497 e. The number of halogens is 1. The molecule has 0 bridgehead atoms. The first-order valence-electron chi connectivity index (χ1n) is 10.5. The minimum atomic E-state index is -0.277. The molecule has 2 atom stereocenters. The molecule has 1 aliphatic heterocycles. The molecular formula is C25H31FN2O2. The Morgan fingerprint density at radius 2 is 1.77 bits per heavy atom. The van der Waals surface area contributed by atoms with E-state index in [1.54, 1.807) is 19.2 Å². The van der Waals surface area contributed by atoms with Gasteiger partial charge in [0.05, 0.1) is 19.2 Å². The largest absolute Gasteiger partial charge is 0.497 e. The Bertz CT molecular complexity index is 862. The van der Waals surface area contributed by atoms with E-state index in [0.29, 0.717) is 12.5 Å². The number of ether oxygens (including phenoxy) is 1. The molecule has 4 nitrogen and oxygen atoms in total. The Kier molecular flexibility index (Phi) is 7.27. The quantitative estimate of drug-likeness (QED) is 0.640. The van der Waals surface area contributed by atoms with Gasteiger partial charge in [0.25, 0.3) is 0 Å². The van der Waals surface area contributed by atoms with Crippen molar-refractivity contribution in [1.82, 2.24) is 9.80 Å². The Morgan fingerprint density at radius 3 is 2.37 bits per heavy atom. The summed E-state index contributed by atoms with van der Waals surface area (Å²) in [6.45, 7) is 8.32. The van der Waals surface area contributed by atoms with E-state index in [-0.39, 0.29) is 23.8 Å². The second-order valence-electron chi connectivity index (χ2n) is 8.26. The molecule has 2 aromatic carbocycles. The van der Waals surface area contributed by atoms with Crippen LogP contribution in [0.15, 0.2) is 60.7 Å². The van der Waals surface area contributed by atoms with Crippen LogP contribution in [0.3, 0.4) is 0 Å². The summed E-state index contributed by atoms with van der Waals surface area (Å²) in [5.41, 5.74) is 1.92. The predicted molar refractivity (Wildman–Crippen MR) is 118 cm³/mol. The van der Waals surface area contributed by atoms with Crippen LogP contribution in [0.5, 0.6) is 5.75 Å². The number of rotatable bonds is 6. The molecule has 0 fully saturated rings. The van der Waals surface area contributed by atoms with Gasteiger partial charge in [0.2, 0.25) is 5.91 Å². The zero-order chi connectivity index (χ0) is 21.7. The summed E-state index contributed by atoms with van der Waals surface area (Å²) in [6, 6.07) is 13.8. The standard InChI is InChI=1S/C25H31FN2O2/c1-18(2)16-27-15-5-6-24(21-9-13-23(30-4)14-10-21)28(25(29)19(27)3)17-20-7-11-22(26)12-8-20/h5-14,18-19,24H,15-17H2,1-4H3/b6-5-/t19-,24+/m0/s1. The number of carbonyl (C=O) groups excluding carboxylic acids is 1. The summed E-state index contributed by atoms with van der Waals surface area (Å²) >= 11 is 0. The summed E-state index contributed by atoms with van der Waals surface area (Å²) in [4.78, 5) is 17.7. The number of amides is 1. The molecule has 2 aromatic rings. The van der Waals surface area contributed by atoms with Gasteiger partial charge in [-0.2, -0.15) is 0 Å². The molecule has 0 unspecified atom stereocenters. The summed E-state index contributed by atoms with van der Waals surface area (Å²) < 4.78 is 18.7. The molecule has 1 heterocycles. The number of methoxy groups -OCH3 is 1. The van der Waals surface area contributed by atoms with Crippen LogP contribution in [-0.2, 0) is 11.3 Å². The molecule has 0 saturated carbocycles. The maximum atomic E-state index is 13.6. The van der Waals surface area contributed by atoms with Gasteiger partial charge in [-0.05, 0) is 48.2 Å². The molecule has 0 spiro atoms. The summed E-state index contributed by atoms with van der Waals surface area (Å²) in [7, 11) is 1.64. The van der Waals surface area contributed by atoms with Gasteiger partial charge >= 0.3 is 0 Å². The third-order valence-electron chi connectivity index (χ3n) is 5.51. The van der Waals surface area contributed by atoms with E-state index in [9.17, 15) is 9.18 Å². The number of benzene rings is 2. The summed E-state index contributed by atoms with van der Waals surface area (Å²) in [6.07, 6.45) is 4.25. The van der Waals surface area contributed by atoms with Crippen LogP contribution >= 0.6 is 0 Å². The van der Waals surface area contributed by atoms with Crippen molar-refractivity contribution in [2.75, 3.05) is 20.2 Å². The highest BCUT2D eigenvalue weighted by Crippen LogP contribution is 2.29. The van der Waals surface area contributed by atoms with E-state index < -0.39 is 0 Å². The van der Waals surface area contributed by atoms with E-state index in [2.05, 4.69) is 30.9 Å². The monoisotopic (exact) mass is 410 g/mol. The molecule has 0 aromatic heterocycles. The molecule has 30 heavy (non-hydrogen) atoms. The lowest BCUT2D eigenvalue weighted by Crippen LogP contribution is -2.50. The average molecular weight is 411 g/mol. The van der Waals surface area contributed by atoms with E-state index >= 15 is 0 Å². The first kappa shape index (κ1) is 22.0. The predicted octanol–water partition coefficient (Wildman–Crippen LogP) is 4.82. The number of hydrogen-bond donors (Lipinski definition) is 0. The van der Waals surface area contributed by atoms with Gasteiger partial charge in [-0.15, -0.1) is 0 Å². The van der Waals surface area contributed by atoms with Crippen molar-refractivity contribution in [3.63, 3.8) is 0 Å². The first-order valence-corrected chi connectivity index (χ1v) is 10.5. The first-order chi connectivity index (χ1) is 14.4. The molecule has 3 rings (SSSR count). The van der Waals surface area contributed by atoms with Gasteiger partial charge in [-0.3, -0.25) is 9.69 Å². The molecule has 0 saturated heterocycles. The highest BCUT2D eigenvalue weighted by Gasteiger charge is 2.32. The fourth-order valence-corrected chi connectivity index (χ4v) is 3.88. The Labute approximate surface area is 178 Å². The summed E-state index contributed by atoms with van der Waals surface area (Å²) in [5, 5.41) is 0. The zero-order valence-electron chi connectivity index (χ0n) is 18.2. The lowest BCUT2D eigenvalue weighted by Gasteiger charge is -2.38. The van der Waals surface area contributed by atoms with Crippen LogP contribution in [0.1, 0.15) is 37.9 Å². The molecule has 160 valence electrons. The van der Waals surface area contributed by atoms with E-state index in [4.69, 9.17) is 4.74 Å². The SMILES string of the molecule is COc1ccc([C@H]2/C=C\CN(CC(C)C)[C@@H](C)C(=O)N2Cc2ccc(F)cc2)cc1. The van der Waals surface area contributed by atoms with Crippen LogP contribution in [0.4, 0.5) is 4.39 Å². The minimum absolute atomic E-state index is 0.0742. The van der Waals surface area contributed by atoms with Gasteiger partial charge in [0.15, 0.2) is 0 Å². The Balaban J connectivity index is 1.98. The highest BCUT2D eigenvalue weighted by molar-refractivity contribution is 5.82. The molecule has 5 heteroatoms. The van der Waals surface area contributed by atoms with Gasteiger partial charge in [0.1, 0.15) is 11.6 Å². The van der Waals surface area contributed by atoms with Crippen LogP contribution in [-0.4, -0.2) is 41.9 Å². The van der Waals surface area contributed by atoms with E-state index in [1.807, 2.05) is 36.1 Å². The van der Waals surface area contributed by atoms with Crippen molar-refractivity contribution in [2.45, 2.75) is 39.4 Å². The smallest absolute Gasteiger partial charge is 0.240 e. The number of nitrogens with zero attached hydrogens (tertiary/aromatic N) is 2. The summed E-state index contributed by atoms with van der Waals surface area (Å²) in [5.74, 6) is 1.04. The van der Waals surface area contributed by atoms with Crippen molar-refractivity contribution >= 4 is 5.91 Å². The van der Waals surface area contributed by atoms with Crippen molar-refractivity contribution in [2.24, 2.45) is 5.92 Å². The number of carbonyl (C=O) groups is 1. The van der Waals surface area contributed by atoms with Gasteiger partial charge < -0.3 is 9.64 Å². The van der Waals surface area contributed by atoms with Crippen molar-refractivity contribution in [1.29, 1.82) is 0 Å². The highest BCUT2D eigenvalue weighted by atomic mass is 19.1. The average Bonchev–Trinajstić information content (AvgIpc) is 2.74.